The van der Waals surface area contributed by atoms with Crippen LogP contribution in [0, 0.1) is 0 Å². The monoisotopic (exact) mass is 346 g/mol. The van der Waals surface area contributed by atoms with Crippen LogP contribution in [0.1, 0.15) is 19.4 Å². The van der Waals surface area contributed by atoms with Crippen molar-refractivity contribution >= 4 is 21.1 Å². The quantitative estimate of drug-likeness (QED) is 0.742. The van der Waals surface area contributed by atoms with Crippen LogP contribution in [-0.4, -0.2) is 19.5 Å². The number of benzene rings is 2. The molecule has 3 rings (SSSR count). The van der Waals surface area contributed by atoms with Gasteiger partial charge < -0.3 is 9.15 Å². The molecule has 0 spiro atoms. The molecule has 0 amide bonds. The molecule has 0 aliphatic rings. The Morgan fingerprint density at radius 2 is 1.92 bits per heavy atom. The molecule has 0 radical (unpaired) electrons. The summed E-state index contributed by atoms with van der Waals surface area (Å²) in [4.78, 5) is 4.22. The first-order valence-electron chi connectivity index (χ1n) is 7.52. The first-order chi connectivity index (χ1) is 11.4. The average Bonchev–Trinajstić information content (AvgIpc) is 3.00. The number of nitrogens with zero attached hydrogens (tertiary/aromatic N) is 1. The number of rotatable bonds is 6. The van der Waals surface area contributed by atoms with Crippen LogP contribution in [0.5, 0.6) is 5.75 Å². The van der Waals surface area contributed by atoms with E-state index < -0.39 is 10.0 Å². The molecule has 24 heavy (non-hydrogen) atoms. The molecule has 7 heteroatoms. The standard InChI is InChI=1S/C17H18N2O4S/c1-12(2)23-14-4-6-15(7-5-14)24(20,21)19-10-13-3-8-16-17(9-13)22-11-18-16/h3-9,11-12,19H,10H2,1-2H3. The molecule has 0 aliphatic heterocycles. The minimum absolute atomic E-state index is 0.0385. The lowest BCUT2D eigenvalue weighted by Crippen LogP contribution is -2.23. The Balaban J connectivity index is 1.70. The van der Waals surface area contributed by atoms with Gasteiger partial charge in [0, 0.05) is 6.54 Å². The minimum atomic E-state index is -3.60. The lowest BCUT2D eigenvalue weighted by molar-refractivity contribution is 0.242. The topological polar surface area (TPSA) is 81.4 Å². The summed E-state index contributed by atoms with van der Waals surface area (Å²) < 4.78 is 38.0. The number of ether oxygens (including phenoxy) is 1. The van der Waals surface area contributed by atoms with E-state index in [-0.39, 0.29) is 17.5 Å². The van der Waals surface area contributed by atoms with Crippen molar-refractivity contribution in [1.29, 1.82) is 0 Å². The molecule has 1 aromatic heterocycles. The summed E-state index contributed by atoms with van der Waals surface area (Å²) in [6, 6.07) is 11.7. The third kappa shape index (κ3) is 3.74. The van der Waals surface area contributed by atoms with Gasteiger partial charge in [-0.1, -0.05) is 6.07 Å². The number of hydrogen-bond donors (Lipinski definition) is 1. The summed E-state index contributed by atoms with van der Waals surface area (Å²) in [6.45, 7) is 4.00. The summed E-state index contributed by atoms with van der Waals surface area (Å²) >= 11 is 0. The van der Waals surface area contributed by atoms with E-state index >= 15 is 0 Å². The fourth-order valence-electron chi connectivity index (χ4n) is 2.24. The number of hydrogen-bond acceptors (Lipinski definition) is 5. The summed E-state index contributed by atoms with van der Waals surface area (Å²) in [5.41, 5.74) is 2.16. The summed E-state index contributed by atoms with van der Waals surface area (Å²) in [6.07, 6.45) is 1.40. The zero-order chi connectivity index (χ0) is 17.2. The predicted molar refractivity (Wildman–Crippen MR) is 90.2 cm³/mol. The highest BCUT2D eigenvalue weighted by atomic mass is 32.2. The van der Waals surface area contributed by atoms with E-state index in [1.54, 1.807) is 24.3 Å². The first-order valence-corrected chi connectivity index (χ1v) is 9.01. The Morgan fingerprint density at radius 1 is 1.17 bits per heavy atom. The summed E-state index contributed by atoms with van der Waals surface area (Å²) in [5.74, 6) is 0.639. The molecule has 6 nitrogen and oxygen atoms in total. The van der Waals surface area contributed by atoms with Crippen molar-refractivity contribution in [3.63, 3.8) is 0 Å². The Morgan fingerprint density at radius 3 is 2.62 bits per heavy atom. The highest BCUT2D eigenvalue weighted by molar-refractivity contribution is 7.89. The molecule has 1 heterocycles. The summed E-state index contributed by atoms with van der Waals surface area (Å²) in [7, 11) is -3.60. The molecule has 126 valence electrons. The molecule has 0 aliphatic carbocycles. The number of aromatic nitrogens is 1. The van der Waals surface area contributed by atoms with E-state index in [2.05, 4.69) is 9.71 Å². The van der Waals surface area contributed by atoms with Gasteiger partial charge in [0.05, 0.1) is 11.0 Å². The Kier molecular flexibility index (Phi) is 4.55. The van der Waals surface area contributed by atoms with Crippen LogP contribution in [-0.2, 0) is 16.6 Å². The fraction of sp³-hybridized carbons (Fsp3) is 0.235. The second-order valence-corrected chi connectivity index (χ2v) is 7.38. The lowest BCUT2D eigenvalue weighted by Gasteiger charge is -2.11. The van der Waals surface area contributed by atoms with E-state index in [0.717, 1.165) is 11.1 Å². The molecule has 0 atom stereocenters. The molecule has 3 aromatic rings. The van der Waals surface area contributed by atoms with Crippen LogP contribution >= 0.6 is 0 Å². The van der Waals surface area contributed by atoms with Gasteiger partial charge in [0.2, 0.25) is 10.0 Å². The molecule has 0 saturated carbocycles. The fourth-order valence-corrected chi connectivity index (χ4v) is 3.26. The minimum Gasteiger partial charge on any atom is -0.491 e. The van der Waals surface area contributed by atoms with E-state index in [9.17, 15) is 8.42 Å². The van der Waals surface area contributed by atoms with E-state index in [0.29, 0.717) is 11.3 Å². The van der Waals surface area contributed by atoms with Crippen LogP contribution in [0.4, 0.5) is 0 Å². The molecule has 0 fully saturated rings. The van der Waals surface area contributed by atoms with Crippen molar-refractivity contribution in [3.05, 3.63) is 54.4 Å². The largest absolute Gasteiger partial charge is 0.491 e. The van der Waals surface area contributed by atoms with Crippen molar-refractivity contribution in [2.75, 3.05) is 0 Å². The van der Waals surface area contributed by atoms with Crippen LogP contribution in [0.3, 0.4) is 0 Å². The van der Waals surface area contributed by atoms with Crippen LogP contribution < -0.4 is 9.46 Å². The second kappa shape index (κ2) is 6.62. The van der Waals surface area contributed by atoms with Gasteiger partial charge in [-0.05, 0) is 55.8 Å². The molecular formula is C17H18N2O4S. The Hall–Kier alpha value is -2.38. The number of nitrogens with one attached hydrogen (secondary N) is 1. The average molecular weight is 346 g/mol. The van der Waals surface area contributed by atoms with E-state index in [1.807, 2.05) is 19.9 Å². The normalized spacial score (nSPS) is 12.0. The van der Waals surface area contributed by atoms with Crippen LogP contribution in [0.25, 0.3) is 11.1 Å². The van der Waals surface area contributed by atoms with Crippen molar-refractivity contribution in [3.8, 4) is 5.75 Å². The smallest absolute Gasteiger partial charge is 0.240 e. The molecule has 0 saturated heterocycles. The first kappa shape index (κ1) is 16.5. The second-order valence-electron chi connectivity index (χ2n) is 5.62. The Bertz CT molecular complexity index is 931. The van der Waals surface area contributed by atoms with Gasteiger partial charge in [-0.15, -0.1) is 0 Å². The zero-order valence-corrected chi connectivity index (χ0v) is 14.2. The predicted octanol–water partition coefficient (Wildman–Crippen LogP) is 3.09. The van der Waals surface area contributed by atoms with E-state index in [4.69, 9.17) is 9.15 Å². The van der Waals surface area contributed by atoms with Crippen molar-refractivity contribution < 1.29 is 17.6 Å². The molecule has 1 N–H and O–H groups in total. The highest BCUT2D eigenvalue weighted by Crippen LogP contribution is 2.18. The number of fused-ring (bicyclic) bond motifs is 1. The van der Waals surface area contributed by atoms with Crippen molar-refractivity contribution in [2.45, 2.75) is 31.4 Å². The van der Waals surface area contributed by atoms with Crippen LogP contribution in [0.15, 0.2) is 58.2 Å². The molecule has 0 unspecified atom stereocenters. The van der Waals surface area contributed by atoms with Gasteiger partial charge in [-0.3, -0.25) is 0 Å². The number of oxazole rings is 1. The van der Waals surface area contributed by atoms with Gasteiger partial charge in [-0.2, -0.15) is 0 Å². The highest BCUT2D eigenvalue weighted by Gasteiger charge is 2.14. The van der Waals surface area contributed by atoms with Gasteiger partial charge in [0.25, 0.3) is 0 Å². The summed E-state index contributed by atoms with van der Waals surface area (Å²) in [5, 5.41) is 0. The van der Waals surface area contributed by atoms with Crippen LogP contribution in [0.2, 0.25) is 0 Å². The molecule has 2 aromatic carbocycles. The lowest BCUT2D eigenvalue weighted by atomic mass is 10.2. The van der Waals surface area contributed by atoms with E-state index in [1.165, 1.54) is 18.5 Å². The van der Waals surface area contributed by atoms with Crippen molar-refractivity contribution in [1.82, 2.24) is 9.71 Å². The third-order valence-electron chi connectivity index (χ3n) is 3.37. The number of sulfonamides is 1. The van der Waals surface area contributed by atoms with Gasteiger partial charge in [0.1, 0.15) is 11.3 Å². The maximum Gasteiger partial charge on any atom is 0.240 e. The van der Waals surface area contributed by atoms with Gasteiger partial charge >= 0.3 is 0 Å². The zero-order valence-electron chi connectivity index (χ0n) is 13.4. The third-order valence-corrected chi connectivity index (χ3v) is 4.78. The van der Waals surface area contributed by atoms with Crippen molar-refractivity contribution in [2.24, 2.45) is 0 Å². The maximum absolute atomic E-state index is 12.4. The molecular weight excluding hydrogens is 328 g/mol. The van der Waals surface area contributed by atoms with Gasteiger partial charge in [0.15, 0.2) is 12.0 Å². The Labute approximate surface area is 140 Å². The maximum atomic E-state index is 12.4. The van der Waals surface area contributed by atoms with Gasteiger partial charge in [-0.25, -0.2) is 18.1 Å². The molecule has 0 bridgehead atoms. The SMILES string of the molecule is CC(C)Oc1ccc(S(=O)(=O)NCc2ccc3ncoc3c2)cc1.